The molecule has 11 heteroatoms. The van der Waals surface area contributed by atoms with Gasteiger partial charge in [0.25, 0.3) is 5.91 Å². The number of carbonyl (C=O) groups is 1. The van der Waals surface area contributed by atoms with Gasteiger partial charge in [-0.25, -0.2) is 9.97 Å². The third kappa shape index (κ3) is 4.30. The Kier molecular flexibility index (Phi) is 5.50. The summed E-state index contributed by atoms with van der Waals surface area (Å²) in [4.78, 5) is 21.5. The lowest BCUT2D eigenvalue weighted by Gasteiger charge is -2.07. The first-order valence-electron chi connectivity index (χ1n) is 8.62. The summed E-state index contributed by atoms with van der Waals surface area (Å²) in [5.74, 6) is -0.629. The number of carbonyl (C=O) groups excluding carboxylic acids is 1. The summed E-state index contributed by atoms with van der Waals surface area (Å²) in [5.41, 5.74) is 6.65. The molecule has 4 aromatic rings. The summed E-state index contributed by atoms with van der Waals surface area (Å²) >= 11 is 13.2. The van der Waals surface area contributed by atoms with Gasteiger partial charge in [-0.2, -0.15) is 13.2 Å². The second-order valence-electron chi connectivity index (χ2n) is 6.40. The molecule has 5 nitrogen and oxygen atoms in total. The Morgan fingerprint density at radius 1 is 1.10 bits per heavy atom. The Morgan fingerprint density at radius 2 is 1.87 bits per heavy atom. The van der Waals surface area contributed by atoms with Crippen molar-refractivity contribution in [2.24, 2.45) is 0 Å². The molecule has 0 bridgehead atoms. The number of aromatic nitrogens is 2. The number of amides is 1. The van der Waals surface area contributed by atoms with Crippen LogP contribution in [-0.4, -0.2) is 15.9 Å². The van der Waals surface area contributed by atoms with E-state index >= 15 is 0 Å². The van der Waals surface area contributed by atoms with Crippen molar-refractivity contribution in [2.45, 2.75) is 6.18 Å². The van der Waals surface area contributed by atoms with Gasteiger partial charge in [-0.3, -0.25) is 4.79 Å². The SMILES string of the molecule is Nc1c(C(=O)Nc2ccc(C(F)(F)F)cn2)sc2nc(-c3ccc(Cl)cc3Cl)ccc12. The molecule has 0 atom stereocenters. The monoisotopic (exact) mass is 482 g/mol. The lowest BCUT2D eigenvalue weighted by molar-refractivity contribution is -0.137. The molecule has 3 N–H and O–H groups in total. The number of thiophene rings is 1. The lowest BCUT2D eigenvalue weighted by Crippen LogP contribution is -2.13. The third-order valence-electron chi connectivity index (χ3n) is 4.34. The van der Waals surface area contributed by atoms with Crippen LogP contribution in [0.25, 0.3) is 21.5 Å². The Morgan fingerprint density at radius 3 is 2.52 bits per heavy atom. The zero-order valence-electron chi connectivity index (χ0n) is 15.3. The predicted molar refractivity (Wildman–Crippen MR) is 117 cm³/mol. The van der Waals surface area contributed by atoms with Crippen molar-refractivity contribution < 1.29 is 18.0 Å². The van der Waals surface area contributed by atoms with Crippen LogP contribution >= 0.6 is 34.5 Å². The van der Waals surface area contributed by atoms with E-state index in [1.165, 1.54) is 0 Å². The summed E-state index contributed by atoms with van der Waals surface area (Å²) in [5, 5.41) is 3.94. The van der Waals surface area contributed by atoms with Crippen molar-refractivity contribution in [1.82, 2.24) is 9.97 Å². The number of fused-ring (bicyclic) bond motifs is 1. The van der Waals surface area contributed by atoms with Crippen LogP contribution in [-0.2, 0) is 6.18 Å². The molecule has 0 aliphatic heterocycles. The smallest absolute Gasteiger partial charge is 0.397 e. The zero-order valence-corrected chi connectivity index (χ0v) is 17.6. The average molecular weight is 483 g/mol. The molecular weight excluding hydrogens is 472 g/mol. The molecule has 0 spiro atoms. The fourth-order valence-corrected chi connectivity index (χ4v) is 4.32. The molecule has 0 saturated heterocycles. The van der Waals surface area contributed by atoms with Gasteiger partial charge in [0, 0.05) is 22.2 Å². The van der Waals surface area contributed by atoms with Gasteiger partial charge in [-0.15, -0.1) is 11.3 Å². The minimum absolute atomic E-state index is 0.0311. The van der Waals surface area contributed by atoms with Crippen molar-refractivity contribution in [1.29, 1.82) is 0 Å². The number of nitrogens with one attached hydrogen (secondary N) is 1. The standard InChI is InChI=1S/C20H11Cl2F3N4OS/c21-10-2-3-11(13(22)7-10)14-5-4-12-16(26)17(31-19(12)28-14)18(30)29-15-6-1-9(8-27-15)20(23,24)25/h1-8H,26H2,(H,27,29,30). The molecule has 0 aliphatic rings. The highest BCUT2D eigenvalue weighted by Crippen LogP contribution is 2.36. The Hall–Kier alpha value is -2.88. The second kappa shape index (κ2) is 7.99. The van der Waals surface area contributed by atoms with E-state index in [9.17, 15) is 18.0 Å². The number of nitrogen functional groups attached to an aromatic ring is 1. The molecule has 0 fully saturated rings. The quantitative estimate of drug-likeness (QED) is 0.348. The maximum absolute atomic E-state index is 12.7. The largest absolute Gasteiger partial charge is 0.417 e. The van der Waals surface area contributed by atoms with Gasteiger partial charge in [0.2, 0.25) is 0 Å². The maximum atomic E-state index is 12.7. The van der Waals surface area contributed by atoms with Gasteiger partial charge in [-0.05, 0) is 42.5 Å². The fraction of sp³-hybridized carbons (Fsp3) is 0.0500. The topological polar surface area (TPSA) is 80.9 Å². The molecule has 31 heavy (non-hydrogen) atoms. The van der Waals surface area contributed by atoms with E-state index in [4.69, 9.17) is 28.9 Å². The minimum atomic E-state index is -4.51. The Balaban J connectivity index is 1.63. The maximum Gasteiger partial charge on any atom is 0.417 e. The van der Waals surface area contributed by atoms with Gasteiger partial charge in [0.1, 0.15) is 15.5 Å². The summed E-state index contributed by atoms with van der Waals surface area (Å²) < 4.78 is 38.0. The molecule has 3 aromatic heterocycles. The highest BCUT2D eigenvalue weighted by atomic mass is 35.5. The molecule has 158 valence electrons. The molecule has 0 aliphatic carbocycles. The van der Waals surface area contributed by atoms with Crippen molar-refractivity contribution in [3.63, 3.8) is 0 Å². The van der Waals surface area contributed by atoms with Crippen molar-refractivity contribution >= 4 is 62.2 Å². The van der Waals surface area contributed by atoms with E-state index in [0.29, 0.717) is 37.7 Å². The Bertz CT molecular complexity index is 1310. The number of halogens is 5. The van der Waals surface area contributed by atoms with Gasteiger partial charge in [-0.1, -0.05) is 23.2 Å². The van der Waals surface area contributed by atoms with E-state index in [1.54, 1.807) is 30.3 Å². The number of alkyl halides is 3. The molecule has 3 heterocycles. The van der Waals surface area contributed by atoms with Gasteiger partial charge in [0.15, 0.2) is 0 Å². The lowest BCUT2D eigenvalue weighted by atomic mass is 10.1. The molecule has 1 amide bonds. The van der Waals surface area contributed by atoms with E-state index < -0.39 is 17.6 Å². The summed E-state index contributed by atoms with van der Waals surface area (Å²) in [6.07, 6.45) is -3.87. The van der Waals surface area contributed by atoms with Gasteiger partial charge < -0.3 is 11.1 Å². The number of nitrogens with two attached hydrogens (primary N) is 1. The van der Waals surface area contributed by atoms with Gasteiger partial charge in [0.05, 0.1) is 22.0 Å². The summed E-state index contributed by atoms with van der Waals surface area (Å²) in [6.45, 7) is 0. The van der Waals surface area contributed by atoms with E-state index in [-0.39, 0.29) is 16.4 Å². The average Bonchev–Trinajstić information content (AvgIpc) is 3.04. The number of pyridine rings is 2. The third-order valence-corrected chi connectivity index (χ3v) is 6.00. The van der Waals surface area contributed by atoms with Crippen LogP contribution < -0.4 is 11.1 Å². The van der Waals surface area contributed by atoms with Crippen LogP contribution in [0.3, 0.4) is 0 Å². The van der Waals surface area contributed by atoms with E-state index in [0.717, 1.165) is 23.5 Å². The number of hydrogen-bond acceptors (Lipinski definition) is 5. The van der Waals surface area contributed by atoms with Crippen LogP contribution in [0, 0.1) is 0 Å². The molecule has 0 radical (unpaired) electrons. The molecule has 0 unspecified atom stereocenters. The second-order valence-corrected chi connectivity index (χ2v) is 8.24. The number of anilines is 2. The molecule has 0 saturated carbocycles. The minimum Gasteiger partial charge on any atom is -0.397 e. The normalized spacial score (nSPS) is 11.6. The van der Waals surface area contributed by atoms with Crippen LogP contribution in [0.2, 0.25) is 10.0 Å². The first-order valence-corrected chi connectivity index (χ1v) is 10.2. The Labute approximate surface area is 187 Å². The van der Waals surface area contributed by atoms with Crippen LogP contribution in [0.1, 0.15) is 15.2 Å². The summed E-state index contributed by atoms with van der Waals surface area (Å²) in [6, 6.07) is 10.4. The zero-order chi connectivity index (χ0) is 22.3. The summed E-state index contributed by atoms with van der Waals surface area (Å²) in [7, 11) is 0. The predicted octanol–water partition coefficient (Wildman–Crippen LogP) is 6.52. The number of rotatable bonds is 3. The number of hydrogen-bond donors (Lipinski definition) is 2. The van der Waals surface area contributed by atoms with Crippen LogP contribution in [0.4, 0.5) is 24.7 Å². The molecule has 1 aromatic carbocycles. The van der Waals surface area contributed by atoms with E-state index in [2.05, 4.69) is 15.3 Å². The van der Waals surface area contributed by atoms with Crippen LogP contribution in [0.5, 0.6) is 0 Å². The molecule has 4 rings (SSSR count). The van der Waals surface area contributed by atoms with Crippen molar-refractivity contribution in [2.75, 3.05) is 11.1 Å². The fourth-order valence-electron chi connectivity index (χ4n) is 2.82. The molecular formula is C20H11Cl2F3N4OS. The number of benzene rings is 1. The van der Waals surface area contributed by atoms with Crippen molar-refractivity contribution in [3.05, 3.63) is 69.1 Å². The first-order chi connectivity index (χ1) is 14.6. The van der Waals surface area contributed by atoms with Crippen molar-refractivity contribution in [3.8, 4) is 11.3 Å². The first kappa shape index (κ1) is 21.4. The van der Waals surface area contributed by atoms with Crippen LogP contribution in [0.15, 0.2) is 48.7 Å². The highest BCUT2D eigenvalue weighted by Gasteiger charge is 2.30. The van der Waals surface area contributed by atoms with Gasteiger partial charge >= 0.3 is 6.18 Å². The van der Waals surface area contributed by atoms with E-state index in [1.807, 2.05) is 0 Å². The highest BCUT2D eigenvalue weighted by molar-refractivity contribution is 7.21. The number of nitrogens with zero attached hydrogens (tertiary/aromatic N) is 2.